The third-order valence-electron chi connectivity index (χ3n) is 3.37. The van der Waals surface area contributed by atoms with E-state index in [1.807, 2.05) is 13.0 Å². The molecule has 1 aliphatic rings. The van der Waals surface area contributed by atoms with Crippen molar-refractivity contribution in [1.82, 2.24) is 4.98 Å². The van der Waals surface area contributed by atoms with Gasteiger partial charge in [-0.3, -0.25) is 0 Å². The van der Waals surface area contributed by atoms with Crippen molar-refractivity contribution >= 4 is 5.82 Å². The Bertz CT molecular complexity index is 439. The molecule has 1 unspecified atom stereocenters. The molecule has 4 nitrogen and oxygen atoms in total. The second-order valence-corrected chi connectivity index (χ2v) is 4.55. The fourth-order valence-electron chi connectivity index (χ4n) is 2.37. The van der Waals surface area contributed by atoms with Crippen LogP contribution in [0.5, 0.6) is 0 Å². The van der Waals surface area contributed by atoms with Crippen molar-refractivity contribution in [3.8, 4) is 6.07 Å². The van der Waals surface area contributed by atoms with Crippen LogP contribution >= 0.6 is 0 Å². The number of aliphatic hydroxyl groups is 1. The van der Waals surface area contributed by atoms with Crippen molar-refractivity contribution < 1.29 is 5.11 Å². The Balaban J connectivity index is 2.19. The largest absolute Gasteiger partial charge is 0.396 e. The van der Waals surface area contributed by atoms with Crippen molar-refractivity contribution in [3.63, 3.8) is 0 Å². The van der Waals surface area contributed by atoms with Crippen molar-refractivity contribution in [2.24, 2.45) is 5.92 Å². The van der Waals surface area contributed by atoms with E-state index in [0.717, 1.165) is 37.3 Å². The van der Waals surface area contributed by atoms with E-state index in [1.54, 1.807) is 6.20 Å². The SMILES string of the molecule is Cc1ccnc(N2CCC(CCO)C2)c1C#N. The molecular formula is C13H17N3O. The Morgan fingerprint density at radius 3 is 3.18 bits per heavy atom. The summed E-state index contributed by atoms with van der Waals surface area (Å²) in [5.74, 6) is 1.32. The molecule has 1 atom stereocenters. The monoisotopic (exact) mass is 231 g/mol. The average molecular weight is 231 g/mol. The number of hydrogen-bond acceptors (Lipinski definition) is 4. The first-order chi connectivity index (χ1) is 8.26. The highest BCUT2D eigenvalue weighted by Crippen LogP contribution is 2.27. The summed E-state index contributed by atoms with van der Waals surface area (Å²) in [6, 6.07) is 4.10. The van der Waals surface area contributed by atoms with Gasteiger partial charge in [-0.25, -0.2) is 4.98 Å². The van der Waals surface area contributed by atoms with Gasteiger partial charge in [0, 0.05) is 25.9 Å². The fourth-order valence-corrected chi connectivity index (χ4v) is 2.37. The van der Waals surface area contributed by atoms with Gasteiger partial charge in [0.25, 0.3) is 0 Å². The van der Waals surface area contributed by atoms with Gasteiger partial charge in [-0.15, -0.1) is 0 Å². The Labute approximate surface area is 102 Å². The molecule has 0 radical (unpaired) electrons. The first-order valence-electron chi connectivity index (χ1n) is 5.97. The highest BCUT2D eigenvalue weighted by atomic mass is 16.3. The first-order valence-corrected chi connectivity index (χ1v) is 5.97. The molecule has 2 rings (SSSR count). The zero-order valence-corrected chi connectivity index (χ0v) is 10.1. The van der Waals surface area contributed by atoms with Gasteiger partial charge < -0.3 is 10.0 Å². The quantitative estimate of drug-likeness (QED) is 0.855. The van der Waals surface area contributed by atoms with E-state index in [2.05, 4.69) is 16.0 Å². The summed E-state index contributed by atoms with van der Waals surface area (Å²) in [4.78, 5) is 6.49. The van der Waals surface area contributed by atoms with Crippen LogP contribution in [0.25, 0.3) is 0 Å². The van der Waals surface area contributed by atoms with Crippen molar-refractivity contribution in [2.45, 2.75) is 19.8 Å². The third kappa shape index (κ3) is 2.40. The number of nitrogens with zero attached hydrogens (tertiary/aromatic N) is 3. The van der Waals surface area contributed by atoms with Gasteiger partial charge in [0.1, 0.15) is 11.9 Å². The standard InChI is InChI=1S/C13H17N3O/c1-10-2-5-15-13(12(10)8-14)16-6-3-11(9-16)4-7-17/h2,5,11,17H,3-4,6-7,9H2,1H3. The summed E-state index contributed by atoms with van der Waals surface area (Å²) in [6.45, 7) is 4.00. The lowest BCUT2D eigenvalue weighted by molar-refractivity contribution is 0.263. The first kappa shape index (κ1) is 11.9. The van der Waals surface area contributed by atoms with Crippen LogP contribution in [0.4, 0.5) is 5.82 Å². The molecule has 1 aromatic rings. The van der Waals surface area contributed by atoms with E-state index in [-0.39, 0.29) is 6.61 Å². The van der Waals surface area contributed by atoms with Crippen LogP contribution in [0.15, 0.2) is 12.3 Å². The summed E-state index contributed by atoms with van der Waals surface area (Å²) < 4.78 is 0. The predicted octanol–water partition coefficient (Wildman–Crippen LogP) is 1.47. The highest BCUT2D eigenvalue weighted by Gasteiger charge is 2.25. The topological polar surface area (TPSA) is 60.1 Å². The van der Waals surface area contributed by atoms with Crippen LogP contribution in [0.3, 0.4) is 0 Å². The molecule has 1 saturated heterocycles. The Morgan fingerprint density at radius 1 is 1.65 bits per heavy atom. The molecule has 1 aliphatic heterocycles. The number of rotatable bonds is 3. The minimum absolute atomic E-state index is 0.241. The number of nitriles is 1. The maximum absolute atomic E-state index is 9.17. The van der Waals surface area contributed by atoms with E-state index >= 15 is 0 Å². The summed E-state index contributed by atoms with van der Waals surface area (Å²) in [7, 11) is 0. The summed E-state index contributed by atoms with van der Waals surface area (Å²) in [5.41, 5.74) is 1.65. The lowest BCUT2D eigenvalue weighted by Gasteiger charge is -2.19. The lowest BCUT2D eigenvalue weighted by atomic mass is 10.1. The summed E-state index contributed by atoms with van der Waals surface area (Å²) >= 11 is 0. The van der Waals surface area contributed by atoms with Crippen LogP contribution in [0, 0.1) is 24.2 Å². The lowest BCUT2D eigenvalue weighted by Crippen LogP contribution is -2.22. The molecule has 0 amide bonds. The average Bonchev–Trinajstić information content (AvgIpc) is 2.78. The minimum Gasteiger partial charge on any atom is -0.396 e. The molecule has 1 N–H and O–H groups in total. The Morgan fingerprint density at radius 2 is 2.47 bits per heavy atom. The normalized spacial score (nSPS) is 19.4. The van der Waals surface area contributed by atoms with Crippen molar-refractivity contribution in [1.29, 1.82) is 5.26 Å². The van der Waals surface area contributed by atoms with Crippen LogP contribution in [0.2, 0.25) is 0 Å². The van der Waals surface area contributed by atoms with Gasteiger partial charge in [-0.05, 0) is 37.3 Å². The number of pyridine rings is 1. The third-order valence-corrected chi connectivity index (χ3v) is 3.37. The number of hydrogen-bond donors (Lipinski definition) is 1. The molecule has 17 heavy (non-hydrogen) atoms. The Hall–Kier alpha value is -1.60. The fraction of sp³-hybridized carbons (Fsp3) is 0.538. The van der Waals surface area contributed by atoms with Crippen molar-refractivity contribution in [2.75, 3.05) is 24.6 Å². The van der Waals surface area contributed by atoms with Gasteiger partial charge in [0.15, 0.2) is 0 Å². The van der Waals surface area contributed by atoms with E-state index in [1.165, 1.54) is 0 Å². The molecule has 4 heteroatoms. The molecule has 0 bridgehead atoms. The van der Waals surface area contributed by atoms with Crippen LogP contribution < -0.4 is 4.90 Å². The predicted molar refractivity (Wildman–Crippen MR) is 65.7 cm³/mol. The zero-order chi connectivity index (χ0) is 12.3. The van der Waals surface area contributed by atoms with E-state index < -0.39 is 0 Å². The van der Waals surface area contributed by atoms with Gasteiger partial charge >= 0.3 is 0 Å². The molecule has 2 heterocycles. The zero-order valence-electron chi connectivity index (χ0n) is 10.1. The van der Waals surface area contributed by atoms with Crippen molar-refractivity contribution in [3.05, 3.63) is 23.4 Å². The van der Waals surface area contributed by atoms with Crippen LogP contribution in [-0.2, 0) is 0 Å². The molecule has 0 aliphatic carbocycles. The Kier molecular flexibility index (Phi) is 3.60. The second kappa shape index (κ2) is 5.15. The number of anilines is 1. The molecule has 1 fully saturated rings. The second-order valence-electron chi connectivity index (χ2n) is 4.55. The van der Waals surface area contributed by atoms with Crippen LogP contribution in [0.1, 0.15) is 24.0 Å². The van der Waals surface area contributed by atoms with Crippen LogP contribution in [-0.4, -0.2) is 29.8 Å². The molecule has 90 valence electrons. The summed E-state index contributed by atoms with van der Waals surface area (Å²) in [6.07, 6.45) is 3.66. The van der Waals surface area contributed by atoms with E-state index in [9.17, 15) is 5.26 Å². The molecule has 0 spiro atoms. The smallest absolute Gasteiger partial charge is 0.146 e. The van der Waals surface area contributed by atoms with E-state index in [0.29, 0.717) is 11.5 Å². The number of aliphatic hydroxyl groups excluding tert-OH is 1. The van der Waals surface area contributed by atoms with Gasteiger partial charge in [0.05, 0.1) is 5.56 Å². The summed E-state index contributed by atoms with van der Waals surface area (Å²) in [5, 5.41) is 18.1. The number of aryl methyl sites for hydroxylation is 1. The van der Waals surface area contributed by atoms with E-state index in [4.69, 9.17) is 5.11 Å². The molecule has 0 saturated carbocycles. The molecular weight excluding hydrogens is 214 g/mol. The highest BCUT2D eigenvalue weighted by molar-refractivity contribution is 5.57. The van der Waals surface area contributed by atoms with Gasteiger partial charge in [-0.1, -0.05) is 0 Å². The van der Waals surface area contributed by atoms with Gasteiger partial charge in [0.2, 0.25) is 0 Å². The number of aromatic nitrogens is 1. The van der Waals surface area contributed by atoms with Gasteiger partial charge in [-0.2, -0.15) is 5.26 Å². The maximum Gasteiger partial charge on any atom is 0.146 e. The molecule has 1 aromatic heterocycles. The molecule has 0 aromatic carbocycles. The maximum atomic E-state index is 9.17. The minimum atomic E-state index is 0.241.